The van der Waals surface area contributed by atoms with Crippen molar-refractivity contribution < 1.29 is 14.5 Å². The van der Waals surface area contributed by atoms with E-state index >= 15 is 0 Å². The van der Waals surface area contributed by atoms with Crippen LogP contribution in [0.25, 0.3) is 10.2 Å². The largest absolute Gasteiger partial charge is 0.495 e. The third-order valence-corrected chi connectivity index (χ3v) is 7.59. The number of carbonyl (C=O) groups is 1. The summed E-state index contributed by atoms with van der Waals surface area (Å²) in [7, 11) is 1.56. The average molecular weight is 510 g/mol. The van der Waals surface area contributed by atoms with Crippen LogP contribution in [0, 0.1) is 13.8 Å². The monoisotopic (exact) mass is 509 g/mol. The Morgan fingerprint density at radius 3 is 2.57 bits per heavy atom. The van der Waals surface area contributed by atoms with E-state index in [-0.39, 0.29) is 5.91 Å². The Kier molecular flexibility index (Phi) is 6.44. The van der Waals surface area contributed by atoms with Gasteiger partial charge in [-0.2, -0.15) is 0 Å². The van der Waals surface area contributed by atoms with Gasteiger partial charge in [-0.15, -0.1) is 11.3 Å². The zero-order chi connectivity index (χ0) is 24.5. The van der Waals surface area contributed by atoms with E-state index in [1.165, 1.54) is 11.3 Å². The maximum atomic E-state index is 13.2. The molecule has 0 bridgehead atoms. The molecular weight excluding hydrogens is 484 g/mol. The molecule has 180 valence electrons. The number of ether oxygens (including phenoxy) is 1. The van der Waals surface area contributed by atoms with Crippen LogP contribution in [0.4, 0.5) is 17.3 Å². The van der Waals surface area contributed by atoms with Gasteiger partial charge < -0.3 is 15.0 Å². The van der Waals surface area contributed by atoms with Gasteiger partial charge in [0.25, 0.3) is 11.7 Å². The van der Waals surface area contributed by atoms with Gasteiger partial charge in [-0.1, -0.05) is 17.7 Å². The summed E-state index contributed by atoms with van der Waals surface area (Å²) in [5.41, 5.74) is 1.49. The number of aromatic amines is 1. The molecule has 1 amide bonds. The molecule has 8 nitrogen and oxygen atoms in total. The van der Waals surface area contributed by atoms with E-state index in [2.05, 4.69) is 31.2 Å². The average Bonchev–Trinajstić information content (AvgIpc) is 3.20. The summed E-state index contributed by atoms with van der Waals surface area (Å²) in [5, 5.41) is 4.33. The number of anilines is 3. The topological polar surface area (TPSA) is 84.7 Å². The fraction of sp³-hybridized carbons (Fsp3) is 0.280. The number of amides is 1. The molecule has 0 aliphatic carbocycles. The van der Waals surface area contributed by atoms with Gasteiger partial charge in [0.1, 0.15) is 35.3 Å². The second-order valence-electron chi connectivity index (χ2n) is 8.36. The van der Waals surface area contributed by atoms with E-state index in [9.17, 15) is 4.79 Å². The lowest BCUT2D eigenvalue weighted by molar-refractivity contribution is -0.364. The molecule has 1 aromatic carbocycles. The molecule has 1 aliphatic heterocycles. The predicted octanol–water partition coefficient (Wildman–Crippen LogP) is 4.36. The first-order valence-electron chi connectivity index (χ1n) is 11.3. The first kappa shape index (κ1) is 23.3. The number of carbonyl (C=O) groups excluding carboxylic acids is 1. The van der Waals surface area contributed by atoms with Gasteiger partial charge >= 0.3 is 0 Å². The number of hydrogen-bond donors (Lipinski definition) is 1. The first-order chi connectivity index (χ1) is 16.9. The molecule has 35 heavy (non-hydrogen) atoms. The smallest absolute Gasteiger partial charge is 0.274 e. The molecule has 0 radical (unpaired) electrons. The lowest BCUT2D eigenvalue weighted by Crippen LogP contribution is -2.48. The number of piperazine rings is 1. The second-order valence-corrected chi connectivity index (χ2v) is 9.76. The predicted molar refractivity (Wildman–Crippen MR) is 140 cm³/mol. The van der Waals surface area contributed by atoms with E-state index in [0.717, 1.165) is 53.6 Å². The lowest BCUT2D eigenvalue weighted by Gasteiger charge is -2.32. The van der Waals surface area contributed by atoms with Gasteiger partial charge in [0.15, 0.2) is 0 Å². The summed E-state index contributed by atoms with van der Waals surface area (Å²) in [6.45, 7) is 7.27. The number of aromatic nitrogens is 3. The Labute approximate surface area is 212 Å². The van der Waals surface area contributed by atoms with Gasteiger partial charge in [0.2, 0.25) is 0 Å². The third-order valence-electron chi connectivity index (χ3n) is 6.11. The molecule has 2 N–H and O–H groups in total. The Balaban J connectivity index is 1.41. The number of hydrogen-bond acceptors (Lipinski definition) is 7. The van der Waals surface area contributed by atoms with Crippen molar-refractivity contribution in [2.24, 2.45) is 0 Å². The van der Waals surface area contributed by atoms with Crippen molar-refractivity contribution in [3.63, 3.8) is 0 Å². The minimum atomic E-state index is -0.195. The number of halogens is 1. The Bertz CT molecular complexity index is 1390. The van der Waals surface area contributed by atoms with Crippen LogP contribution in [0.5, 0.6) is 5.75 Å². The highest BCUT2D eigenvalue weighted by Crippen LogP contribution is 2.36. The van der Waals surface area contributed by atoms with Crippen molar-refractivity contribution in [1.82, 2.24) is 9.97 Å². The summed E-state index contributed by atoms with van der Waals surface area (Å²) in [6.07, 6.45) is 1.94. The van der Waals surface area contributed by atoms with Crippen molar-refractivity contribution in [3.8, 4) is 5.75 Å². The van der Waals surface area contributed by atoms with Crippen LogP contribution in [0.15, 0.2) is 42.6 Å². The zero-order valence-corrected chi connectivity index (χ0v) is 21.3. The molecule has 1 saturated heterocycles. The van der Waals surface area contributed by atoms with Gasteiger partial charge in [0, 0.05) is 11.8 Å². The Morgan fingerprint density at radius 2 is 1.89 bits per heavy atom. The first-order valence-corrected chi connectivity index (χ1v) is 12.5. The van der Waals surface area contributed by atoms with Crippen LogP contribution in [0.2, 0.25) is 5.02 Å². The van der Waals surface area contributed by atoms with Crippen molar-refractivity contribution in [2.45, 2.75) is 13.8 Å². The van der Waals surface area contributed by atoms with Crippen molar-refractivity contribution >= 4 is 56.4 Å². The molecule has 1 aliphatic rings. The summed E-state index contributed by atoms with van der Waals surface area (Å²) in [4.78, 5) is 32.0. The number of methoxy groups -OCH3 is 1. The number of nitrogens with zero attached hydrogens (tertiary/aromatic N) is 4. The highest BCUT2D eigenvalue weighted by Gasteiger charge is 2.28. The molecule has 0 saturated carbocycles. The van der Waals surface area contributed by atoms with E-state index < -0.39 is 0 Å². The summed E-state index contributed by atoms with van der Waals surface area (Å²) in [6, 6.07) is 11.3. The van der Waals surface area contributed by atoms with Gasteiger partial charge in [-0.3, -0.25) is 9.69 Å². The molecular formula is C25H26ClN6O2S+. The quantitative estimate of drug-likeness (QED) is 0.430. The minimum absolute atomic E-state index is 0.195. The molecule has 10 heteroatoms. The SMILES string of the molecule is COc1ccc(NC(=O)c2sc3nc(C)nc(N4CCN(c5cccc[nH+]5)CC4)c3c2C)cc1Cl. The number of aryl methyl sites for hydroxylation is 2. The number of benzene rings is 1. The fourth-order valence-corrected chi connectivity index (χ4v) is 5.71. The molecule has 4 aromatic rings. The number of pyridine rings is 1. The van der Waals surface area contributed by atoms with Crippen LogP contribution in [0.1, 0.15) is 21.1 Å². The van der Waals surface area contributed by atoms with Crippen molar-refractivity contribution in [3.05, 3.63) is 63.9 Å². The van der Waals surface area contributed by atoms with Crippen molar-refractivity contribution in [2.75, 3.05) is 48.4 Å². The van der Waals surface area contributed by atoms with Gasteiger partial charge in [-0.05, 0) is 43.7 Å². The van der Waals surface area contributed by atoms with Gasteiger partial charge in [0.05, 0.1) is 41.7 Å². The number of fused-ring (bicyclic) bond motifs is 1. The molecule has 3 aromatic heterocycles. The standard InChI is InChI=1S/C25H25ClN6O2S/c1-15-21-23(32-12-10-31(11-13-32)20-6-4-5-9-27-20)28-16(2)29-25(21)35-22(15)24(33)30-17-7-8-19(34-3)18(26)14-17/h4-9,14H,10-13H2,1-3H3,(H,30,33)/p+1. The molecule has 5 rings (SSSR count). The van der Waals surface area contributed by atoms with Crippen LogP contribution in [-0.2, 0) is 0 Å². The van der Waals surface area contributed by atoms with Gasteiger partial charge in [-0.25, -0.2) is 15.0 Å². The Hall–Kier alpha value is -3.43. The maximum absolute atomic E-state index is 13.2. The third kappa shape index (κ3) is 4.61. The summed E-state index contributed by atoms with van der Waals surface area (Å²) in [5.74, 6) is 3.06. The Morgan fingerprint density at radius 1 is 1.11 bits per heavy atom. The van der Waals surface area contributed by atoms with Crippen LogP contribution in [-0.4, -0.2) is 49.2 Å². The van der Waals surface area contributed by atoms with E-state index in [1.807, 2.05) is 32.2 Å². The molecule has 1 fully saturated rings. The zero-order valence-electron chi connectivity index (χ0n) is 19.8. The van der Waals surface area contributed by atoms with Crippen LogP contribution in [0.3, 0.4) is 0 Å². The lowest BCUT2D eigenvalue weighted by atomic mass is 10.1. The van der Waals surface area contributed by atoms with Crippen LogP contribution >= 0.6 is 22.9 Å². The highest BCUT2D eigenvalue weighted by molar-refractivity contribution is 7.20. The minimum Gasteiger partial charge on any atom is -0.495 e. The maximum Gasteiger partial charge on any atom is 0.274 e. The molecule has 4 heterocycles. The number of rotatable bonds is 5. The number of H-pyrrole nitrogens is 1. The second kappa shape index (κ2) is 9.67. The molecule has 0 spiro atoms. The number of thiophene rings is 1. The fourth-order valence-electron chi connectivity index (χ4n) is 4.34. The number of nitrogens with one attached hydrogen (secondary N) is 2. The molecule has 0 atom stereocenters. The van der Waals surface area contributed by atoms with E-state index in [0.29, 0.717) is 27.2 Å². The van der Waals surface area contributed by atoms with E-state index in [1.54, 1.807) is 25.3 Å². The molecule has 0 unspecified atom stereocenters. The van der Waals surface area contributed by atoms with Crippen LogP contribution < -0.4 is 24.8 Å². The normalized spacial score (nSPS) is 13.8. The van der Waals surface area contributed by atoms with Crippen molar-refractivity contribution in [1.29, 1.82) is 0 Å². The summed E-state index contributed by atoms with van der Waals surface area (Å²) >= 11 is 7.62. The van der Waals surface area contributed by atoms with E-state index in [4.69, 9.17) is 21.3 Å². The highest BCUT2D eigenvalue weighted by atomic mass is 35.5. The summed E-state index contributed by atoms with van der Waals surface area (Å²) < 4.78 is 5.20.